The lowest BCUT2D eigenvalue weighted by Gasteiger charge is -2.33. The largest absolute Gasteiger partial charge is 0.444 e. The van der Waals surface area contributed by atoms with E-state index in [-0.39, 0.29) is 6.09 Å². The molecule has 30 heavy (non-hydrogen) atoms. The second kappa shape index (κ2) is 8.25. The molecule has 1 amide bonds. The number of aromatic nitrogens is 1. The maximum atomic E-state index is 13.0. The van der Waals surface area contributed by atoms with Crippen molar-refractivity contribution in [3.63, 3.8) is 0 Å². The van der Waals surface area contributed by atoms with Gasteiger partial charge in [0.2, 0.25) is 0 Å². The molecule has 1 fully saturated rings. The lowest BCUT2D eigenvalue weighted by molar-refractivity contribution is 0.0163. The van der Waals surface area contributed by atoms with Crippen LogP contribution in [-0.2, 0) is 16.0 Å². The first-order valence-corrected chi connectivity index (χ1v) is 11.5. The summed E-state index contributed by atoms with van der Waals surface area (Å²) in [6, 6.07) is 3.99. The van der Waals surface area contributed by atoms with Gasteiger partial charge >= 0.3 is 12.2 Å². The van der Waals surface area contributed by atoms with Crippen molar-refractivity contribution >= 4 is 33.7 Å². The highest BCUT2D eigenvalue weighted by atomic mass is 32.1. The lowest BCUT2D eigenvalue weighted by atomic mass is 9.85. The summed E-state index contributed by atoms with van der Waals surface area (Å²) in [6.45, 7) is 14.1. The van der Waals surface area contributed by atoms with Gasteiger partial charge in [0, 0.05) is 11.4 Å². The van der Waals surface area contributed by atoms with Crippen LogP contribution in [0.2, 0.25) is 0 Å². The number of carbonyl (C=O) groups excluding carboxylic acids is 2. The van der Waals surface area contributed by atoms with E-state index < -0.39 is 17.3 Å². The molecule has 0 saturated heterocycles. The molecule has 0 N–H and O–H groups in total. The van der Waals surface area contributed by atoms with Gasteiger partial charge < -0.3 is 14.4 Å². The second-order valence-electron chi connectivity index (χ2n) is 10.2. The van der Waals surface area contributed by atoms with Crippen molar-refractivity contribution in [1.82, 2.24) is 9.47 Å². The number of thiophene rings is 1. The van der Waals surface area contributed by atoms with E-state index in [1.54, 1.807) is 20.8 Å². The van der Waals surface area contributed by atoms with E-state index >= 15 is 0 Å². The number of ether oxygens (including phenoxy) is 2. The highest BCUT2D eigenvalue weighted by Gasteiger charge is 2.30. The molecule has 0 unspecified atom stereocenters. The van der Waals surface area contributed by atoms with Crippen molar-refractivity contribution in [3.8, 4) is 0 Å². The number of hydrogen-bond donors (Lipinski definition) is 0. The molecule has 0 spiro atoms. The monoisotopic (exact) mass is 434 g/mol. The van der Waals surface area contributed by atoms with Crippen molar-refractivity contribution < 1.29 is 19.1 Å². The van der Waals surface area contributed by atoms with Crippen LogP contribution in [-0.4, -0.2) is 39.4 Å². The Morgan fingerprint density at radius 2 is 1.73 bits per heavy atom. The standard InChI is InChI=1S/C23H34N2O4S/c1-15-11-18-19(30-15)12-17(25(18)21(27)29-23(5,6)7)14-24(13-16-9-8-10-16)20(26)28-22(2,3)4/h11-12,16H,8-10,13-14H2,1-7H3. The Labute approximate surface area is 183 Å². The normalized spacial score (nSPS) is 15.2. The molecule has 2 aromatic rings. The molecule has 166 valence electrons. The Morgan fingerprint density at radius 3 is 2.27 bits per heavy atom. The molecule has 0 bridgehead atoms. The third kappa shape index (κ3) is 5.56. The van der Waals surface area contributed by atoms with Crippen LogP contribution in [0, 0.1) is 12.8 Å². The third-order valence-electron chi connectivity index (χ3n) is 4.97. The summed E-state index contributed by atoms with van der Waals surface area (Å²) in [5.41, 5.74) is 0.400. The number of nitrogens with zero attached hydrogens (tertiary/aromatic N) is 2. The minimum absolute atomic E-state index is 0.311. The molecular weight excluding hydrogens is 400 g/mol. The number of amides is 1. The van der Waals surface area contributed by atoms with Gasteiger partial charge in [0.05, 0.1) is 22.5 Å². The fourth-order valence-electron chi connectivity index (χ4n) is 3.52. The molecule has 6 nitrogen and oxygen atoms in total. The summed E-state index contributed by atoms with van der Waals surface area (Å²) in [7, 11) is 0. The summed E-state index contributed by atoms with van der Waals surface area (Å²) in [5, 5.41) is 0. The molecule has 1 saturated carbocycles. The molecule has 2 heterocycles. The number of carbonyl (C=O) groups is 2. The summed E-state index contributed by atoms with van der Waals surface area (Å²) in [5.74, 6) is 0.491. The van der Waals surface area contributed by atoms with E-state index in [1.807, 2.05) is 60.6 Å². The maximum absolute atomic E-state index is 13.0. The van der Waals surface area contributed by atoms with Crippen LogP contribution < -0.4 is 0 Å². The van der Waals surface area contributed by atoms with Crippen LogP contribution in [0.25, 0.3) is 10.2 Å². The quantitative estimate of drug-likeness (QED) is 0.564. The van der Waals surface area contributed by atoms with Crippen LogP contribution in [0.5, 0.6) is 0 Å². The van der Waals surface area contributed by atoms with Gasteiger partial charge in [-0.15, -0.1) is 11.3 Å². The fourth-order valence-corrected chi connectivity index (χ4v) is 4.49. The zero-order chi connectivity index (χ0) is 22.3. The molecular formula is C23H34N2O4S. The van der Waals surface area contributed by atoms with Gasteiger partial charge in [-0.05, 0) is 79.4 Å². The number of fused-ring (bicyclic) bond motifs is 1. The van der Waals surface area contributed by atoms with Gasteiger partial charge in [0.1, 0.15) is 11.2 Å². The van der Waals surface area contributed by atoms with Crippen molar-refractivity contribution in [2.24, 2.45) is 5.92 Å². The van der Waals surface area contributed by atoms with Gasteiger partial charge in [-0.25, -0.2) is 14.2 Å². The lowest BCUT2D eigenvalue weighted by Crippen LogP contribution is -2.41. The number of rotatable bonds is 4. The minimum atomic E-state index is -0.604. The van der Waals surface area contributed by atoms with Crippen LogP contribution in [0.15, 0.2) is 12.1 Å². The Morgan fingerprint density at radius 1 is 1.10 bits per heavy atom. The summed E-state index contributed by atoms with van der Waals surface area (Å²) in [4.78, 5) is 28.8. The Kier molecular flexibility index (Phi) is 6.23. The summed E-state index contributed by atoms with van der Waals surface area (Å²) < 4.78 is 14.0. The molecule has 0 aromatic carbocycles. The molecule has 7 heteroatoms. The first kappa shape index (κ1) is 22.7. The van der Waals surface area contributed by atoms with Crippen LogP contribution in [0.1, 0.15) is 71.4 Å². The van der Waals surface area contributed by atoms with Crippen molar-refractivity contribution in [3.05, 3.63) is 22.7 Å². The van der Waals surface area contributed by atoms with E-state index in [0.717, 1.165) is 33.6 Å². The van der Waals surface area contributed by atoms with E-state index in [4.69, 9.17) is 9.47 Å². The van der Waals surface area contributed by atoms with E-state index in [1.165, 1.54) is 6.42 Å². The van der Waals surface area contributed by atoms with Gasteiger partial charge in [-0.3, -0.25) is 0 Å². The smallest absolute Gasteiger partial charge is 0.419 e. The topological polar surface area (TPSA) is 60.8 Å². The van der Waals surface area contributed by atoms with Gasteiger partial charge in [-0.1, -0.05) is 6.42 Å². The minimum Gasteiger partial charge on any atom is -0.444 e. The molecule has 1 aliphatic carbocycles. The summed E-state index contributed by atoms with van der Waals surface area (Å²) in [6.07, 6.45) is 2.70. The molecule has 0 atom stereocenters. The van der Waals surface area contributed by atoms with Crippen LogP contribution in [0.3, 0.4) is 0 Å². The first-order chi connectivity index (χ1) is 13.8. The highest BCUT2D eigenvalue weighted by molar-refractivity contribution is 7.19. The van der Waals surface area contributed by atoms with Gasteiger partial charge in [-0.2, -0.15) is 0 Å². The predicted molar refractivity (Wildman–Crippen MR) is 120 cm³/mol. The molecule has 3 rings (SSSR count). The Hall–Kier alpha value is -2.02. The Balaban J connectivity index is 1.93. The van der Waals surface area contributed by atoms with Crippen molar-refractivity contribution in [2.45, 2.75) is 85.5 Å². The van der Waals surface area contributed by atoms with Crippen molar-refractivity contribution in [1.29, 1.82) is 0 Å². The molecule has 2 aromatic heterocycles. The average Bonchev–Trinajstić information content (AvgIpc) is 3.00. The predicted octanol–water partition coefficient (Wildman–Crippen LogP) is 6.33. The molecule has 0 aliphatic heterocycles. The number of hydrogen-bond acceptors (Lipinski definition) is 5. The van der Waals surface area contributed by atoms with Crippen LogP contribution in [0.4, 0.5) is 9.59 Å². The zero-order valence-electron chi connectivity index (χ0n) is 19.2. The van der Waals surface area contributed by atoms with Crippen molar-refractivity contribution in [2.75, 3.05) is 6.54 Å². The number of aryl methyl sites for hydroxylation is 1. The van der Waals surface area contributed by atoms with E-state index in [0.29, 0.717) is 19.0 Å². The average molecular weight is 435 g/mol. The SMILES string of the molecule is Cc1cc2c(cc(CN(CC3CCC3)C(=O)OC(C)(C)C)n2C(=O)OC(C)(C)C)s1. The third-order valence-corrected chi connectivity index (χ3v) is 5.96. The highest BCUT2D eigenvalue weighted by Crippen LogP contribution is 2.32. The Bertz CT molecular complexity index is 926. The summed E-state index contributed by atoms with van der Waals surface area (Å²) >= 11 is 1.63. The maximum Gasteiger partial charge on any atom is 0.419 e. The van der Waals surface area contributed by atoms with E-state index in [2.05, 4.69) is 0 Å². The molecule has 0 radical (unpaired) electrons. The van der Waals surface area contributed by atoms with Gasteiger partial charge in [0.25, 0.3) is 0 Å². The molecule has 1 aliphatic rings. The van der Waals surface area contributed by atoms with E-state index in [9.17, 15) is 9.59 Å². The fraction of sp³-hybridized carbons (Fsp3) is 0.652. The van der Waals surface area contributed by atoms with Gasteiger partial charge in [0.15, 0.2) is 0 Å². The van der Waals surface area contributed by atoms with Crippen LogP contribution >= 0.6 is 11.3 Å². The second-order valence-corrected chi connectivity index (χ2v) is 11.5. The first-order valence-electron chi connectivity index (χ1n) is 10.6. The zero-order valence-corrected chi connectivity index (χ0v) is 20.0.